The predicted octanol–water partition coefficient (Wildman–Crippen LogP) is 1.69. The second-order valence-electron chi connectivity index (χ2n) is 4.12. The topological polar surface area (TPSA) is 66.8 Å². The molecular formula is C14H16FNO4. The number of amides is 1. The number of benzene rings is 1. The molecule has 108 valence electrons. The highest BCUT2D eigenvalue weighted by molar-refractivity contribution is 5.84. The smallest absolute Gasteiger partial charge is 0.323 e. The van der Waals surface area contributed by atoms with Gasteiger partial charge < -0.3 is 14.7 Å². The van der Waals surface area contributed by atoms with Crippen molar-refractivity contribution in [2.24, 2.45) is 0 Å². The fraction of sp³-hybridized carbons (Fsp3) is 0.286. The zero-order valence-electron chi connectivity index (χ0n) is 11.1. The first-order valence-corrected chi connectivity index (χ1v) is 5.97. The number of rotatable bonds is 7. The minimum absolute atomic E-state index is 0.0992. The maximum absolute atomic E-state index is 13.0. The van der Waals surface area contributed by atoms with Gasteiger partial charge in [0, 0.05) is 12.6 Å². The number of carbonyl (C=O) groups excluding carboxylic acids is 1. The molecule has 0 saturated carbocycles. The normalized spacial score (nSPS) is 11.5. The molecule has 0 aliphatic heterocycles. The van der Waals surface area contributed by atoms with E-state index in [0.717, 1.165) is 11.0 Å². The maximum Gasteiger partial charge on any atom is 0.323 e. The second-order valence-corrected chi connectivity index (χ2v) is 4.12. The summed E-state index contributed by atoms with van der Waals surface area (Å²) in [6.07, 6.45) is 0.506. The molecule has 20 heavy (non-hydrogen) atoms. The van der Waals surface area contributed by atoms with E-state index in [2.05, 4.69) is 6.58 Å². The van der Waals surface area contributed by atoms with Crippen molar-refractivity contribution in [2.45, 2.75) is 13.0 Å². The first kappa shape index (κ1) is 15.7. The Labute approximate surface area is 116 Å². The van der Waals surface area contributed by atoms with Gasteiger partial charge in [0.25, 0.3) is 5.91 Å². The lowest BCUT2D eigenvalue weighted by molar-refractivity contribution is -0.146. The summed E-state index contributed by atoms with van der Waals surface area (Å²) in [7, 11) is 0. The van der Waals surface area contributed by atoms with Crippen molar-refractivity contribution < 1.29 is 23.8 Å². The number of carboxylic acid groups (broad SMARTS) is 1. The van der Waals surface area contributed by atoms with Crippen molar-refractivity contribution >= 4 is 11.9 Å². The SMILES string of the molecule is C=CCN(CC(=O)O)C(=O)C(C)Oc1cccc(F)c1. The van der Waals surface area contributed by atoms with Gasteiger partial charge in [-0.05, 0) is 19.1 Å². The Kier molecular flexibility index (Phi) is 5.71. The van der Waals surface area contributed by atoms with Crippen LogP contribution in [0.15, 0.2) is 36.9 Å². The number of aliphatic carboxylic acids is 1. The van der Waals surface area contributed by atoms with Crippen LogP contribution in [0.5, 0.6) is 5.75 Å². The fourth-order valence-corrected chi connectivity index (χ4v) is 1.60. The third-order valence-electron chi connectivity index (χ3n) is 2.44. The van der Waals surface area contributed by atoms with Crippen LogP contribution in [-0.2, 0) is 9.59 Å². The second kappa shape index (κ2) is 7.28. The quantitative estimate of drug-likeness (QED) is 0.772. The van der Waals surface area contributed by atoms with Crippen molar-refractivity contribution in [2.75, 3.05) is 13.1 Å². The van der Waals surface area contributed by atoms with Gasteiger partial charge >= 0.3 is 5.97 Å². The highest BCUT2D eigenvalue weighted by atomic mass is 19.1. The Balaban J connectivity index is 2.73. The summed E-state index contributed by atoms with van der Waals surface area (Å²) in [5, 5.41) is 8.75. The minimum Gasteiger partial charge on any atom is -0.481 e. The molecule has 1 unspecified atom stereocenters. The van der Waals surface area contributed by atoms with Crippen LogP contribution in [0.2, 0.25) is 0 Å². The number of nitrogens with zero attached hydrogens (tertiary/aromatic N) is 1. The first-order valence-electron chi connectivity index (χ1n) is 5.97. The van der Waals surface area contributed by atoms with Crippen LogP contribution in [0.25, 0.3) is 0 Å². The fourth-order valence-electron chi connectivity index (χ4n) is 1.60. The summed E-state index contributed by atoms with van der Waals surface area (Å²) in [6, 6.07) is 5.38. The average Bonchev–Trinajstić information content (AvgIpc) is 2.36. The molecule has 0 spiro atoms. The first-order chi connectivity index (χ1) is 9.43. The highest BCUT2D eigenvalue weighted by Crippen LogP contribution is 2.14. The summed E-state index contributed by atoms with van der Waals surface area (Å²) in [4.78, 5) is 23.8. The molecule has 0 aliphatic carbocycles. The standard InChI is InChI=1S/C14H16FNO4/c1-3-7-16(9-13(17)18)14(19)10(2)20-12-6-4-5-11(15)8-12/h3-6,8,10H,1,7,9H2,2H3,(H,17,18). The number of carboxylic acids is 1. The Bertz CT molecular complexity index is 504. The average molecular weight is 281 g/mol. The van der Waals surface area contributed by atoms with Crippen molar-refractivity contribution in [3.63, 3.8) is 0 Å². The molecular weight excluding hydrogens is 265 g/mol. The van der Waals surface area contributed by atoms with Crippen molar-refractivity contribution in [1.29, 1.82) is 0 Å². The molecule has 1 rings (SSSR count). The third-order valence-corrected chi connectivity index (χ3v) is 2.44. The van der Waals surface area contributed by atoms with E-state index in [-0.39, 0.29) is 12.3 Å². The Hall–Kier alpha value is -2.37. The van der Waals surface area contributed by atoms with Gasteiger partial charge in [-0.3, -0.25) is 9.59 Å². The molecule has 1 atom stereocenters. The highest BCUT2D eigenvalue weighted by Gasteiger charge is 2.23. The Morgan fingerprint density at radius 3 is 2.80 bits per heavy atom. The molecule has 0 radical (unpaired) electrons. The van der Waals surface area contributed by atoms with Crippen LogP contribution in [0.3, 0.4) is 0 Å². The van der Waals surface area contributed by atoms with Crippen molar-refractivity contribution in [3.8, 4) is 5.75 Å². The third kappa shape index (κ3) is 4.72. The molecule has 0 fully saturated rings. The van der Waals surface area contributed by atoms with Crippen molar-refractivity contribution in [1.82, 2.24) is 4.90 Å². The number of carbonyl (C=O) groups is 2. The van der Waals surface area contributed by atoms with Gasteiger partial charge in [-0.1, -0.05) is 12.1 Å². The van der Waals surface area contributed by atoms with Gasteiger partial charge in [0.05, 0.1) is 0 Å². The van der Waals surface area contributed by atoms with E-state index in [1.54, 1.807) is 0 Å². The van der Waals surface area contributed by atoms with E-state index in [0.29, 0.717) is 0 Å². The van der Waals surface area contributed by atoms with Gasteiger partial charge in [-0.15, -0.1) is 6.58 Å². The van der Waals surface area contributed by atoms with E-state index in [4.69, 9.17) is 9.84 Å². The zero-order chi connectivity index (χ0) is 15.1. The monoisotopic (exact) mass is 281 g/mol. The van der Waals surface area contributed by atoms with Gasteiger partial charge in [0.15, 0.2) is 6.10 Å². The maximum atomic E-state index is 13.0. The molecule has 0 bridgehead atoms. The molecule has 5 nitrogen and oxygen atoms in total. The largest absolute Gasteiger partial charge is 0.481 e. The number of hydrogen-bond donors (Lipinski definition) is 1. The summed E-state index contributed by atoms with van der Waals surface area (Å²) >= 11 is 0. The molecule has 6 heteroatoms. The van der Waals surface area contributed by atoms with Crippen LogP contribution in [0.4, 0.5) is 4.39 Å². The lowest BCUT2D eigenvalue weighted by atomic mass is 10.3. The van der Waals surface area contributed by atoms with E-state index < -0.39 is 30.3 Å². The predicted molar refractivity (Wildman–Crippen MR) is 70.9 cm³/mol. The molecule has 0 heterocycles. The molecule has 1 amide bonds. The molecule has 1 N–H and O–H groups in total. The van der Waals surface area contributed by atoms with Crippen LogP contribution in [0.1, 0.15) is 6.92 Å². The summed E-state index contributed by atoms with van der Waals surface area (Å²) in [6.45, 7) is 4.60. The number of ether oxygens (including phenoxy) is 1. The van der Waals surface area contributed by atoms with E-state index in [9.17, 15) is 14.0 Å². The Morgan fingerprint density at radius 1 is 1.55 bits per heavy atom. The van der Waals surface area contributed by atoms with Crippen LogP contribution >= 0.6 is 0 Å². The zero-order valence-corrected chi connectivity index (χ0v) is 11.1. The van der Waals surface area contributed by atoms with Crippen LogP contribution < -0.4 is 4.74 Å². The van der Waals surface area contributed by atoms with E-state index in [1.165, 1.54) is 31.2 Å². The van der Waals surface area contributed by atoms with Gasteiger partial charge in [-0.2, -0.15) is 0 Å². The molecule has 0 aromatic heterocycles. The summed E-state index contributed by atoms with van der Waals surface area (Å²) in [5.74, 6) is -1.90. The Morgan fingerprint density at radius 2 is 2.25 bits per heavy atom. The summed E-state index contributed by atoms with van der Waals surface area (Å²) < 4.78 is 18.3. The van der Waals surface area contributed by atoms with Crippen LogP contribution in [-0.4, -0.2) is 41.1 Å². The van der Waals surface area contributed by atoms with Gasteiger partial charge in [-0.25, -0.2) is 4.39 Å². The van der Waals surface area contributed by atoms with Crippen molar-refractivity contribution in [3.05, 3.63) is 42.7 Å². The lowest BCUT2D eigenvalue weighted by Gasteiger charge is -2.23. The van der Waals surface area contributed by atoms with Gasteiger partial charge in [0.2, 0.25) is 0 Å². The molecule has 0 aliphatic rings. The molecule has 1 aromatic carbocycles. The van der Waals surface area contributed by atoms with E-state index >= 15 is 0 Å². The molecule has 1 aromatic rings. The van der Waals surface area contributed by atoms with Gasteiger partial charge in [0.1, 0.15) is 18.1 Å². The van der Waals surface area contributed by atoms with E-state index in [1.807, 2.05) is 0 Å². The lowest BCUT2D eigenvalue weighted by Crippen LogP contribution is -2.43. The summed E-state index contributed by atoms with van der Waals surface area (Å²) in [5.41, 5.74) is 0. The molecule has 0 saturated heterocycles. The number of halogens is 1. The number of hydrogen-bond acceptors (Lipinski definition) is 3. The van der Waals surface area contributed by atoms with Crippen LogP contribution in [0, 0.1) is 5.82 Å². The minimum atomic E-state index is -1.13.